The molecule has 2 fully saturated rings. The van der Waals surface area contributed by atoms with Gasteiger partial charge in [0.1, 0.15) is 18.5 Å². The second kappa shape index (κ2) is 6.77. The average molecular weight is 347 g/mol. The molecule has 9 heteroatoms. The van der Waals surface area contributed by atoms with E-state index >= 15 is 0 Å². The van der Waals surface area contributed by atoms with E-state index in [0.717, 1.165) is 6.42 Å². The lowest BCUT2D eigenvalue weighted by molar-refractivity contribution is -0.385. The highest BCUT2D eigenvalue weighted by atomic mass is 16.6. The second-order valence-electron chi connectivity index (χ2n) is 5.98. The summed E-state index contributed by atoms with van der Waals surface area (Å²) in [6.45, 7) is 2.14. The quantitative estimate of drug-likeness (QED) is 0.596. The first-order chi connectivity index (χ1) is 12.2. The van der Waals surface area contributed by atoms with Crippen molar-refractivity contribution in [3.63, 3.8) is 0 Å². The zero-order valence-electron chi connectivity index (χ0n) is 13.4. The number of aromatic nitrogens is 2. The molecule has 0 N–H and O–H groups in total. The average Bonchev–Trinajstić information content (AvgIpc) is 3.28. The molecular weight excluding hydrogens is 330 g/mol. The molecule has 9 nitrogen and oxygen atoms in total. The van der Waals surface area contributed by atoms with E-state index in [1.807, 2.05) is 0 Å². The summed E-state index contributed by atoms with van der Waals surface area (Å²) >= 11 is 0. The number of fused-ring (bicyclic) bond motifs is 1. The zero-order valence-corrected chi connectivity index (χ0v) is 13.4. The van der Waals surface area contributed by atoms with E-state index in [4.69, 9.17) is 18.9 Å². The number of nitro groups is 1. The number of ether oxygens (including phenoxy) is 4. The topological polar surface area (TPSA) is 106 Å². The minimum Gasteiger partial charge on any atom is -0.481 e. The smallest absolute Gasteiger partial charge is 0.311 e. The van der Waals surface area contributed by atoms with Crippen LogP contribution in [0.4, 0.5) is 5.69 Å². The summed E-state index contributed by atoms with van der Waals surface area (Å²) in [5, 5.41) is 12.0. The van der Waals surface area contributed by atoms with Crippen molar-refractivity contribution in [2.24, 2.45) is 0 Å². The van der Waals surface area contributed by atoms with Crippen LogP contribution >= 0.6 is 0 Å². The van der Waals surface area contributed by atoms with Gasteiger partial charge in [-0.15, -0.1) is 0 Å². The van der Waals surface area contributed by atoms with Crippen LogP contribution in [0.15, 0.2) is 18.5 Å². The van der Waals surface area contributed by atoms with Crippen molar-refractivity contribution in [1.82, 2.24) is 9.97 Å². The Kier molecular flexibility index (Phi) is 4.33. The largest absolute Gasteiger partial charge is 0.481 e. The molecule has 0 unspecified atom stereocenters. The zero-order chi connectivity index (χ0) is 17.2. The van der Waals surface area contributed by atoms with Crippen molar-refractivity contribution in [3.05, 3.63) is 28.6 Å². The van der Waals surface area contributed by atoms with Gasteiger partial charge in [-0.2, -0.15) is 0 Å². The lowest BCUT2D eigenvalue weighted by Crippen LogP contribution is -2.17. The molecule has 2 saturated heterocycles. The van der Waals surface area contributed by atoms with E-state index in [-0.39, 0.29) is 23.6 Å². The van der Waals surface area contributed by atoms with Gasteiger partial charge >= 0.3 is 5.69 Å². The minimum absolute atomic E-state index is 0.108. The molecule has 0 spiro atoms. The first-order valence-corrected chi connectivity index (χ1v) is 8.12. The Labute approximate surface area is 143 Å². The van der Waals surface area contributed by atoms with Crippen molar-refractivity contribution in [1.29, 1.82) is 0 Å². The van der Waals surface area contributed by atoms with E-state index in [1.165, 1.54) is 12.4 Å². The summed E-state index contributed by atoms with van der Waals surface area (Å²) in [4.78, 5) is 19.3. The number of nitro benzene ring substituents is 1. The van der Waals surface area contributed by atoms with Gasteiger partial charge < -0.3 is 18.9 Å². The maximum absolute atomic E-state index is 11.5. The highest BCUT2D eigenvalue weighted by Crippen LogP contribution is 2.36. The van der Waals surface area contributed by atoms with Crippen molar-refractivity contribution in [3.8, 4) is 11.6 Å². The summed E-state index contributed by atoms with van der Waals surface area (Å²) in [6.07, 6.45) is 2.54. The first-order valence-electron chi connectivity index (χ1n) is 8.12. The number of hydrogen-bond acceptors (Lipinski definition) is 8. The molecule has 132 valence electrons. The lowest BCUT2D eigenvalue weighted by Gasteiger charge is -2.15. The molecule has 3 heterocycles. The van der Waals surface area contributed by atoms with Gasteiger partial charge in [-0.05, 0) is 0 Å². The van der Waals surface area contributed by atoms with Gasteiger partial charge in [-0.25, -0.2) is 9.97 Å². The van der Waals surface area contributed by atoms with Gasteiger partial charge in [0.2, 0.25) is 5.88 Å². The number of benzene rings is 1. The maximum Gasteiger partial charge on any atom is 0.311 e. The summed E-state index contributed by atoms with van der Waals surface area (Å²) in [5.41, 5.74) is 0.394. The highest BCUT2D eigenvalue weighted by Gasteiger charge is 2.26. The fourth-order valence-electron chi connectivity index (χ4n) is 2.93. The third kappa shape index (κ3) is 3.33. The molecule has 2 aliphatic rings. The van der Waals surface area contributed by atoms with Gasteiger partial charge in [-0.3, -0.25) is 10.1 Å². The van der Waals surface area contributed by atoms with Crippen LogP contribution in [0.25, 0.3) is 10.9 Å². The van der Waals surface area contributed by atoms with Gasteiger partial charge in [0.05, 0.1) is 42.3 Å². The summed E-state index contributed by atoms with van der Waals surface area (Å²) < 4.78 is 22.1. The van der Waals surface area contributed by atoms with Crippen molar-refractivity contribution >= 4 is 16.6 Å². The molecule has 2 aromatic rings. The Morgan fingerprint density at radius 2 is 1.80 bits per heavy atom. The fourth-order valence-corrected chi connectivity index (χ4v) is 2.93. The van der Waals surface area contributed by atoms with Crippen molar-refractivity contribution in [2.75, 3.05) is 26.4 Å². The van der Waals surface area contributed by atoms with E-state index in [1.54, 1.807) is 6.07 Å². The Balaban J connectivity index is 1.71. The molecular formula is C16H17N3O6. The lowest BCUT2D eigenvalue weighted by atomic mass is 10.2. The van der Waals surface area contributed by atoms with Gasteiger partial charge in [0, 0.05) is 25.0 Å². The van der Waals surface area contributed by atoms with Crippen molar-refractivity contribution < 1.29 is 23.9 Å². The van der Waals surface area contributed by atoms with Crippen LogP contribution < -0.4 is 9.47 Å². The molecule has 0 aliphatic carbocycles. The Bertz CT molecular complexity index is 787. The Morgan fingerprint density at radius 3 is 2.44 bits per heavy atom. The molecule has 0 saturated carbocycles. The highest BCUT2D eigenvalue weighted by molar-refractivity contribution is 5.87. The standard InChI is InChI=1S/C16H17N3O6/c20-19(21)14-5-12-13(6-15(14)24-10-1-3-22-7-10)17-9-18-16(12)25-11-2-4-23-8-11/h5-6,9-11H,1-4,7-8H2/t10-,11+/m1/s1. The van der Waals surface area contributed by atoms with Crippen LogP contribution in [-0.2, 0) is 9.47 Å². The van der Waals surface area contributed by atoms with E-state index in [0.29, 0.717) is 49.6 Å². The summed E-state index contributed by atoms with van der Waals surface area (Å²) in [7, 11) is 0. The van der Waals surface area contributed by atoms with Gasteiger partial charge in [0.25, 0.3) is 0 Å². The van der Waals surface area contributed by atoms with E-state index in [9.17, 15) is 10.1 Å². The molecule has 25 heavy (non-hydrogen) atoms. The summed E-state index contributed by atoms with van der Waals surface area (Å²) in [6, 6.07) is 2.97. The van der Waals surface area contributed by atoms with Crippen molar-refractivity contribution in [2.45, 2.75) is 25.0 Å². The van der Waals surface area contributed by atoms with Gasteiger partial charge in [-0.1, -0.05) is 0 Å². The molecule has 1 aromatic heterocycles. The molecule has 2 atom stereocenters. The molecule has 2 aliphatic heterocycles. The number of hydrogen-bond donors (Lipinski definition) is 0. The monoisotopic (exact) mass is 347 g/mol. The van der Waals surface area contributed by atoms with Crippen LogP contribution in [0.2, 0.25) is 0 Å². The molecule has 4 rings (SSSR count). The SMILES string of the molecule is O=[N+]([O-])c1cc2c(O[C@H]3CCOC3)ncnc2cc1O[C@@H]1CCOC1. The molecule has 1 aromatic carbocycles. The Morgan fingerprint density at radius 1 is 1.08 bits per heavy atom. The van der Waals surface area contributed by atoms with Crippen LogP contribution in [-0.4, -0.2) is 53.5 Å². The second-order valence-corrected chi connectivity index (χ2v) is 5.98. The third-order valence-electron chi connectivity index (χ3n) is 4.22. The fraction of sp³-hybridized carbons (Fsp3) is 0.500. The first kappa shape index (κ1) is 16.0. The predicted molar refractivity (Wildman–Crippen MR) is 85.9 cm³/mol. The van der Waals surface area contributed by atoms with E-state index < -0.39 is 4.92 Å². The van der Waals surface area contributed by atoms with Gasteiger partial charge in [0.15, 0.2) is 5.75 Å². The van der Waals surface area contributed by atoms with Crippen LogP contribution in [0.3, 0.4) is 0 Å². The molecule has 0 bridgehead atoms. The number of nitrogens with zero attached hydrogens (tertiary/aromatic N) is 3. The molecule has 0 radical (unpaired) electrons. The number of rotatable bonds is 5. The van der Waals surface area contributed by atoms with Crippen LogP contribution in [0, 0.1) is 10.1 Å². The minimum atomic E-state index is -0.472. The van der Waals surface area contributed by atoms with E-state index in [2.05, 4.69) is 9.97 Å². The maximum atomic E-state index is 11.5. The molecule has 0 amide bonds. The normalized spacial score (nSPS) is 23.0. The van der Waals surface area contributed by atoms with Crippen LogP contribution in [0.5, 0.6) is 11.6 Å². The summed E-state index contributed by atoms with van der Waals surface area (Å²) in [5.74, 6) is 0.501. The Hall–Kier alpha value is -2.52. The third-order valence-corrected chi connectivity index (χ3v) is 4.22. The van der Waals surface area contributed by atoms with Crippen LogP contribution in [0.1, 0.15) is 12.8 Å². The predicted octanol–water partition coefficient (Wildman–Crippen LogP) is 1.87.